The molecule has 0 saturated heterocycles. The van der Waals surface area contributed by atoms with E-state index in [1.165, 1.54) is 11.3 Å². The Hall–Kier alpha value is -2.87. The molecule has 0 fully saturated rings. The Kier molecular flexibility index (Phi) is 3.43. The lowest BCUT2D eigenvalue weighted by Crippen LogP contribution is -2.17. The van der Waals surface area contributed by atoms with E-state index in [2.05, 4.69) is 15.5 Å². The molecule has 1 aromatic carbocycles. The van der Waals surface area contributed by atoms with Crippen LogP contribution in [-0.2, 0) is 0 Å². The van der Waals surface area contributed by atoms with Crippen molar-refractivity contribution in [2.24, 2.45) is 0 Å². The zero-order chi connectivity index (χ0) is 15.6. The summed E-state index contributed by atoms with van der Waals surface area (Å²) < 4.78 is 16.3. The number of nitrogens with zero attached hydrogens (tertiary/aromatic N) is 2. The van der Waals surface area contributed by atoms with Gasteiger partial charge in [0.1, 0.15) is 13.2 Å². The highest BCUT2D eigenvalue weighted by Gasteiger charge is 2.17. The Morgan fingerprint density at radius 3 is 2.83 bits per heavy atom. The van der Waals surface area contributed by atoms with Crippen LogP contribution in [0.5, 0.6) is 11.5 Å². The summed E-state index contributed by atoms with van der Waals surface area (Å²) >= 11 is 1.53. The van der Waals surface area contributed by atoms with E-state index in [1.54, 1.807) is 18.2 Å². The van der Waals surface area contributed by atoms with Crippen molar-refractivity contribution in [3.8, 4) is 23.0 Å². The Balaban J connectivity index is 1.52. The van der Waals surface area contributed by atoms with Gasteiger partial charge in [-0.05, 0) is 29.6 Å². The van der Waals surface area contributed by atoms with Gasteiger partial charge in [-0.3, -0.25) is 10.1 Å². The van der Waals surface area contributed by atoms with Crippen molar-refractivity contribution in [2.75, 3.05) is 18.5 Å². The first-order valence-electron chi connectivity index (χ1n) is 6.87. The molecule has 0 bridgehead atoms. The monoisotopic (exact) mass is 329 g/mol. The van der Waals surface area contributed by atoms with Crippen LogP contribution < -0.4 is 14.8 Å². The van der Waals surface area contributed by atoms with Gasteiger partial charge in [0.2, 0.25) is 0 Å². The molecule has 4 rings (SSSR count). The zero-order valence-electron chi connectivity index (χ0n) is 11.8. The molecule has 3 aromatic rings. The van der Waals surface area contributed by atoms with Crippen LogP contribution in [0, 0.1) is 0 Å². The number of thiophene rings is 1. The molecule has 2 aromatic heterocycles. The molecule has 3 heterocycles. The third-order valence-electron chi connectivity index (χ3n) is 3.22. The van der Waals surface area contributed by atoms with Crippen molar-refractivity contribution in [3.63, 3.8) is 0 Å². The normalized spacial score (nSPS) is 12.9. The summed E-state index contributed by atoms with van der Waals surface area (Å²) in [5.41, 5.74) is 1.24. The molecule has 1 aliphatic rings. The average molecular weight is 329 g/mol. The quantitative estimate of drug-likeness (QED) is 0.795. The molecule has 8 heteroatoms. The molecule has 0 unspecified atom stereocenters. The third-order valence-corrected chi connectivity index (χ3v) is 3.90. The third kappa shape index (κ3) is 2.76. The molecule has 0 saturated carbocycles. The average Bonchev–Trinajstić information content (AvgIpc) is 3.25. The Morgan fingerprint density at radius 2 is 2.00 bits per heavy atom. The van der Waals surface area contributed by atoms with Gasteiger partial charge in [-0.25, -0.2) is 0 Å². The van der Waals surface area contributed by atoms with E-state index < -0.39 is 0 Å². The van der Waals surface area contributed by atoms with Crippen LogP contribution in [0.3, 0.4) is 0 Å². The minimum atomic E-state index is -0.359. The first-order valence-corrected chi connectivity index (χ1v) is 7.81. The first kappa shape index (κ1) is 13.8. The predicted molar refractivity (Wildman–Crippen MR) is 83.0 cm³/mol. The fourth-order valence-electron chi connectivity index (χ4n) is 2.13. The van der Waals surface area contributed by atoms with Gasteiger partial charge in [0, 0.05) is 16.5 Å². The maximum absolute atomic E-state index is 12.3. The zero-order valence-corrected chi connectivity index (χ0v) is 12.6. The van der Waals surface area contributed by atoms with Crippen LogP contribution in [0.2, 0.25) is 0 Å². The standard InChI is InChI=1S/C15H11N3O4S/c19-13(9-1-2-11-12(7-9)21-5-4-20-11)16-15-18-17-14(22-15)10-3-6-23-8-10/h1-3,6-8H,4-5H2,(H,16,18,19). The summed E-state index contributed by atoms with van der Waals surface area (Å²) in [6.07, 6.45) is 0. The summed E-state index contributed by atoms with van der Waals surface area (Å²) in [6, 6.07) is 6.89. The van der Waals surface area contributed by atoms with Crippen LogP contribution in [0.4, 0.5) is 6.01 Å². The van der Waals surface area contributed by atoms with Gasteiger partial charge < -0.3 is 13.9 Å². The van der Waals surface area contributed by atoms with Crippen molar-refractivity contribution in [1.82, 2.24) is 10.2 Å². The largest absolute Gasteiger partial charge is 0.486 e. The molecule has 0 aliphatic carbocycles. The molecular formula is C15H11N3O4S. The molecule has 1 aliphatic heterocycles. The number of fused-ring (bicyclic) bond motifs is 1. The number of ether oxygens (including phenoxy) is 2. The number of nitrogens with one attached hydrogen (secondary N) is 1. The van der Waals surface area contributed by atoms with E-state index in [1.807, 2.05) is 16.8 Å². The highest BCUT2D eigenvalue weighted by atomic mass is 32.1. The van der Waals surface area contributed by atoms with Crippen LogP contribution in [0.1, 0.15) is 10.4 Å². The molecule has 116 valence electrons. The molecule has 0 spiro atoms. The number of aromatic nitrogens is 2. The van der Waals surface area contributed by atoms with E-state index in [-0.39, 0.29) is 11.9 Å². The summed E-state index contributed by atoms with van der Waals surface area (Å²) in [5.74, 6) is 1.19. The molecule has 0 atom stereocenters. The van der Waals surface area contributed by atoms with E-state index >= 15 is 0 Å². The van der Waals surface area contributed by atoms with Gasteiger partial charge in [0.25, 0.3) is 11.8 Å². The number of rotatable bonds is 3. The van der Waals surface area contributed by atoms with E-state index in [0.29, 0.717) is 36.2 Å². The van der Waals surface area contributed by atoms with Gasteiger partial charge in [-0.1, -0.05) is 5.10 Å². The lowest BCUT2D eigenvalue weighted by atomic mass is 10.2. The minimum absolute atomic E-state index is 0.0473. The number of carbonyl (C=O) groups excluding carboxylic acids is 1. The molecule has 1 N–H and O–H groups in total. The fraction of sp³-hybridized carbons (Fsp3) is 0.133. The number of hydrogen-bond donors (Lipinski definition) is 1. The number of anilines is 1. The van der Waals surface area contributed by atoms with Crippen LogP contribution >= 0.6 is 11.3 Å². The summed E-state index contributed by atoms with van der Waals surface area (Å²) in [7, 11) is 0. The fourth-order valence-corrected chi connectivity index (χ4v) is 2.76. The maximum Gasteiger partial charge on any atom is 0.322 e. The molecule has 1 amide bonds. The number of hydrogen-bond acceptors (Lipinski definition) is 7. The summed E-state index contributed by atoms with van der Waals surface area (Å²) in [4.78, 5) is 12.3. The lowest BCUT2D eigenvalue weighted by molar-refractivity contribution is 0.102. The Morgan fingerprint density at radius 1 is 1.13 bits per heavy atom. The van der Waals surface area contributed by atoms with Crippen molar-refractivity contribution < 1.29 is 18.7 Å². The molecule has 23 heavy (non-hydrogen) atoms. The smallest absolute Gasteiger partial charge is 0.322 e. The van der Waals surface area contributed by atoms with E-state index in [0.717, 1.165) is 5.56 Å². The van der Waals surface area contributed by atoms with Crippen molar-refractivity contribution in [1.29, 1.82) is 0 Å². The first-order chi connectivity index (χ1) is 11.3. The topological polar surface area (TPSA) is 86.5 Å². The summed E-state index contributed by atoms with van der Waals surface area (Å²) in [5, 5.41) is 14.1. The SMILES string of the molecule is O=C(Nc1nnc(-c2ccsc2)o1)c1ccc2c(c1)OCCO2. The second-order valence-corrected chi connectivity index (χ2v) is 5.52. The number of carbonyl (C=O) groups is 1. The predicted octanol–water partition coefficient (Wildman–Crippen LogP) is 2.82. The van der Waals surface area contributed by atoms with Gasteiger partial charge >= 0.3 is 6.01 Å². The van der Waals surface area contributed by atoms with Crippen molar-refractivity contribution >= 4 is 23.3 Å². The van der Waals surface area contributed by atoms with Crippen molar-refractivity contribution in [3.05, 3.63) is 40.6 Å². The van der Waals surface area contributed by atoms with E-state index in [4.69, 9.17) is 13.9 Å². The highest BCUT2D eigenvalue weighted by Crippen LogP contribution is 2.31. The number of benzene rings is 1. The molecule has 7 nitrogen and oxygen atoms in total. The van der Waals surface area contributed by atoms with Crippen LogP contribution in [-0.4, -0.2) is 29.3 Å². The second-order valence-electron chi connectivity index (χ2n) is 4.74. The van der Waals surface area contributed by atoms with Gasteiger partial charge in [0.05, 0.1) is 0 Å². The van der Waals surface area contributed by atoms with Gasteiger partial charge in [-0.2, -0.15) is 11.3 Å². The van der Waals surface area contributed by atoms with Crippen molar-refractivity contribution in [2.45, 2.75) is 0 Å². The Bertz CT molecular complexity index is 844. The van der Waals surface area contributed by atoms with Gasteiger partial charge in [0.15, 0.2) is 11.5 Å². The number of amides is 1. The van der Waals surface area contributed by atoms with Crippen LogP contribution in [0.25, 0.3) is 11.5 Å². The molecular weight excluding hydrogens is 318 g/mol. The van der Waals surface area contributed by atoms with Crippen LogP contribution in [0.15, 0.2) is 39.4 Å². The maximum atomic E-state index is 12.3. The highest BCUT2D eigenvalue weighted by molar-refractivity contribution is 7.08. The Labute approximate surface area is 134 Å². The minimum Gasteiger partial charge on any atom is -0.486 e. The van der Waals surface area contributed by atoms with Gasteiger partial charge in [-0.15, -0.1) is 5.10 Å². The summed E-state index contributed by atoms with van der Waals surface area (Å²) in [6.45, 7) is 0.970. The second kappa shape index (κ2) is 5.73. The lowest BCUT2D eigenvalue weighted by Gasteiger charge is -2.18. The molecule has 0 radical (unpaired) electrons. The van der Waals surface area contributed by atoms with E-state index in [9.17, 15) is 4.79 Å².